The van der Waals surface area contributed by atoms with Gasteiger partial charge in [0.15, 0.2) is 11.5 Å². The maximum atomic E-state index is 5.85. The van der Waals surface area contributed by atoms with Gasteiger partial charge in [0, 0.05) is 0 Å². The van der Waals surface area contributed by atoms with Crippen molar-refractivity contribution in [2.24, 2.45) is 5.92 Å². The number of rotatable bonds is 3. The average molecular weight is 411 g/mol. The summed E-state index contributed by atoms with van der Waals surface area (Å²) < 4.78 is 17.1. The topological polar surface area (TPSA) is 27.7 Å². The molecule has 0 fully saturated rings. The first-order chi connectivity index (χ1) is 15.3. The third-order valence-electron chi connectivity index (χ3n) is 7.09. The molecule has 0 spiro atoms. The summed E-state index contributed by atoms with van der Waals surface area (Å²) in [6, 6.07) is 24.0. The molecule has 0 bridgehead atoms. The van der Waals surface area contributed by atoms with E-state index in [2.05, 4.69) is 66.7 Å². The molecule has 156 valence electrons. The van der Waals surface area contributed by atoms with Crippen LogP contribution in [0.1, 0.15) is 40.5 Å². The van der Waals surface area contributed by atoms with Gasteiger partial charge in [-0.25, -0.2) is 0 Å². The molecule has 3 heteroatoms. The fraction of sp³-hybridized carbons (Fsp3) is 0.286. The van der Waals surface area contributed by atoms with E-state index in [0.29, 0.717) is 31.0 Å². The van der Waals surface area contributed by atoms with Crippen molar-refractivity contribution < 1.29 is 14.2 Å². The Bertz CT molecular complexity index is 1160. The fourth-order valence-electron chi connectivity index (χ4n) is 5.63. The summed E-state index contributed by atoms with van der Waals surface area (Å²) in [6.07, 6.45) is 4.65. The molecule has 0 radical (unpaired) electrons. The predicted molar refractivity (Wildman–Crippen MR) is 122 cm³/mol. The first kappa shape index (κ1) is 18.6. The third kappa shape index (κ3) is 3.20. The Morgan fingerprint density at radius 1 is 0.806 bits per heavy atom. The van der Waals surface area contributed by atoms with E-state index in [1.54, 1.807) is 7.11 Å². The quantitative estimate of drug-likeness (QED) is 0.531. The van der Waals surface area contributed by atoms with Gasteiger partial charge >= 0.3 is 0 Å². The number of ether oxygens (including phenoxy) is 3. The average Bonchev–Trinajstić information content (AvgIpc) is 3.29. The molecule has 3 atom stereocenters. The second kappa shape index (κ2) is 7.49. The van der Waals surface area contributed by atoms with E-state index in [-0.39, 0.29) is 0 Å². The first-order valence-electron chi connectivity index (χ1n) is 11.1. The molecule has 3 aliphatic rings. The Balaban J connectivity index is 1.41. The number of methoxy groups -OCH3 is 1. The molecule has 0 N–H and O–H groups in total. The van der Waals surface area contributed by atoms with Gasteiger partial charge in [-0.05, 0) is 82.7 Å². The molecule has 1 heterocycles. The molecule has 31 heavy (non-hydrogen) atoms. The zero-order valence-electron chi connectivity index (χ0n) is 17.7. The van der Waals surface area contributed by atoms with Crippen LogP contribution in [0, 0.1) is 5.92 Å². The molecule has 3 aromatic carbocycles. The molecule has 6 rings (SSSR count). The van der Waals surface area contributed by atoms with Crippen molar-refractivity contribution >= 4 is 5.57 Å². The lowest BCUT2D eigenvalue weighted by molar-refractivity contribution is 0.171. The molecular formula is C28H26O3. The zero-order valence-corrected chi connectivity index (χ0v) is 17.7. The van der Waals surface area contributed by atoms with Gasteiger partial charge in [-0.2, -0.15) is 0 Å². The second-order valence-electron chi connectivity index (χ2n) is 8.72. The van der Waals surface area contributed by atoms with Crippen LogP contribution in [0.3, 0.4) is 0 Å². The molecule has 3 unspecified atom stereocenters. The summed E-state index contributed by atoms with van der Waals surface area (Å²) in [5.74, 6) is 4.08. The maximum absolute atomic E-state index is 5.85. The molecule has 3 nitrogen and oxygen atoms in total. The fourth-order valence-corrected chi connectivity index (χ4v) is 5.63. The van der Waals surface area contributed by atoms with Crippen LogP contribution >= 0.6 is 0 Å². The number of fused-ring (bicyclic) bond motifs is 4. The Labute approximate surface area is 183 Å². The summed E-state index contributed by atoms with van der Waals surface area (Å²) in [6.45, 7) is 1.24. The van der Waals surface area contributed by atoms with Gasteiger partial charge in [0.1, 0.15) is 19.0 Å². The van der Waals surface area contributed by atoms with Gasteiger partial charge in [0.25, 0.3) is 0 Å². The van der Waals surface area contributed by atoms with Crippen LogP contribution in [0.25, 0.3) is 5.57 Å². The van der Waals surface area contributed by atoms with E-state index in [0.717, 1.165) is 30.1 Å². The molecule has 0 aromatic heterocycles. The minimum Gasteiger partial charge on any atom is -0.497 e. The van der Waals surface area contributed by atoms with Crippen molar-refractivity contribution in [2.45, 2.75) is 24.7 Å². The van der Waals surface area contributed by atoms with Crippen LogP contribution in [0.15, 0.2) is 72.8 Å². The van der Waals surface area contributed by atoms with Crippen molar-refractivity contribution in [3.05, 3.63) is 95.1 Å². The molecule has 0 amide bonds. The monoisotopic (exact) mass is 410 g/mol. The number of benzene rings is 3. The molecule has 1 aliphatic heterocycles. The summed E-state index contributed by atoms with van der Waals surface area (Å²) in [4.78, 5) is 0. The van der Waals surface area contributed by atoms with E-state index in [4.69, 9.17) is 14.2 Å². The SMILES string of the molecule is COc1cccc(C2Cc3ccccc3C3CC(c4ccc5c(c4)OCCO5)=CC23)c1. The zero-order chi connectivity index (χ0) is 20.8. The molecule has 0 saturated carbocycles. The van der Waals surface area contributed by atoms with Crippen molar-refractivity contribution in [2.75, 3.05) is 20.3 Å². The summed E-state index contributed by atoms with van der Waals surface area (Å²) in [7, 11) is 1.74. The second-order valence-corrected chi connectivity index (χ2v) is 8.72. The Hall–Kier alpha value is -3.20. The highest BCUT2D eigenvalue weighted by Gasteiger charge is 2.40. The van der Waals surface area contributed by atoms with E-state index < -0.39 is 0 Å². The van der Waals surface area contributed by atoms with E-state index in [1.165, 1.54) is 27.8 Å². The van der Waals surface area contributed by atoms with Gasteiger partial charge in [-0.15, -0.1) is 0 Å². The lowest BCUT2D eigenvalue weighted by atomic mass is 9.68. The maximum Gasteiger partial charge on any atom is 0.161 e. The van der Waals surface area contributed by atoms with Gasteiger partial charge in [-0.1, -0.05) is 48.5 Å². The van der Waals surface area contributed by atoms with Gasteiger partial charge in [0.05, 0.1) is 7.11 Å². The van der Waals surface area contributed by atoms with Crippen LogP contribution in [0.4, 0.5) is 0 Å². The predicted octanol–water partition coefficient (Wildman–Crippen LogP) is 5.99. The van der Waals surface area contributed by atoms with Crippen LogP contribution in [0.5, 0.6) is 17.2 Å². The van der Waals surface area contributed by atoms with E-state index >= 15 is 0 Å². The standard InChI is InChI=1S/C28H26O3/c1-29-22-7-4-6-19(13-22)24-14-20-5-2-3-8-23(20)25-15-21(16-26(24)25)18-9-10-27-28(17-18)31-12-11-30-27/h2-10,13,16-17,24-26H,11-12,14-15H2,1H3. The number of allylic oxidation sites excluding steroid dienone is 2. The van der Waals surface area contributed by atoms with Crippen LogP contribution in [-0.4, -0.2) is 20.3 Å². The lowest BCUT2D eigenvalue weighted by Gasteiger charge is -2.36. The van der Waals surface area contributed by atoms with Gasteiger partial charge < -0.3 is 14.2 Å². The van der Waals surface area contributed by atoms with Crippen molar-refractivity contribution in [3.8, 4) is 17.2 Å². The van der Waals surface area contributed by atoms with Crippen molar-refractivity contribution in [1.29, 1.82) is 0 Å². The highest BCUT2D eigenvalue weighted by Crippen LogP contribution is 2.54. The van der Waals surface area contributed by atoms with Crippen molar-refractivity contribution in [1.82, 2.24) is 0 Å². The van der Waals surface area contributed by atoms with Crippen LogP contribution in [0.2, 0.25) is 0 Å². The Morgan fingerprint density at radius 3 is 2.58 bits per heavy atom. The molecular weight excluding hydrogens is 384 g/mol. The van der Waals surface area contributed by atoms with Crippen LogP contribution < -0.4 is 14.2 Å². The number of hydrogen-bond donors (Lipinski definition) is 0. The summed E-state index contributed by atoms with van der Waals surface area (Å²) >= 11 is 0. The lowest BCUT2D eigenvalue weighted by Crippen LogP contribution is -2.24. The Kier molecular flexibility index (Phi) is 4.48. The number of hydrogen-bond acceptors (Lipinski definition) is 3. The van der Waals surface area contributed by atoms with Gasteiger partial charge in [0.2, 0.25) is 0 Å². The largest absolute Gasteiger partial charge is 0.497 e. The third-order valence-corrected chi connectivity index (χ3v) is 7.09. The molecule has 0 saturated heterocycles. The van der Waals surface area contributed by atoms with Crippen LogP contribution in [-0.2, 0) is 6.42 Å². The highest BCUT2D eigenvalue weighted by molar-refractivity contribution is 5.72. The van der Waals surface area contributed by atoms with Gasteiger partial charge in [-0.3, -0.25) is 0 Å². The van der Waals surface area contributed by atoms with Crippen molar-refractivity contribution in [3.63, 3.8) is 0 Å². The van der Waals surface area contributed by atoms with E-state index in [1.807, 2.05) is 6.07 Å². The smallest absolute Gasteiger partial charge is 0.161 e. The molecule has 2 aliphatic carbocycles. The summed E-state index contributed by atoms with van der Waals surface area (Å²) in [5.41, 5.74) is 7.02. The minimum absolute atomic E-state index is 0.449. The normalized spacial score (nSPS) is 23.5. The minimum atomic E-state index is 0.449. The highest BCUT2D eigenvalue weighted by atomic mass is 16.6. The Morgan fingerprint density at radius 2 is 1.68 bits per heavy atom. The van der Waals surface area contributed by atoms with E-state index in [9.17, 15) is 0 Å². The first-order valence-corrected chi connectivity index (χ1v) is 11.1. The summed E-state index contributed by atoms with van der Waals surface area (Å²) in [5, 5.41) is 0. The molecule has 3 aromatic rings.